The van der Waals surface area contributed by atoms with Crippen LogP contribution in [-0.4, -0.2) is 16.6 Å². The second-order valence-electron chi connectivity index (χ2n) is 3.90. The number of hydrogen-bond donors (Lipinski definition) is 1. The topological polar surface area (TPSA) is 47.0 Å². The predicted molar refractivity (Wildman–Crippen MR) is 69.7 cm³/mol. The molecule has 0 amide bonds. The molecule has 0 aliphatic rings. The second-order valence-corrected chi connectivity index (χ2v) is 4.96. The van der Waals surface area contributed by atoms with Crippen LogP contribution >= 0.6 is 11.3 Å². The highest BCUT2D eigenvalue weighted by molar-refractivity contribution is 7.15. The molecule has 108 valence electrons. The molecule has 0 aliphatic carbocycles. The van der Waals surface area contributed by atoms with Crippen LogP contribution in [0.15, 0.2) is 24.3 Å². The molecule has 0 fully saturated rings. The molecule has 8 heteroatoms. The molecule has 1 N–H and O–H groups in total. The quantitative estimate of drug-likeness (QED) is 0.916. The van der Waals surface area contributed by atoms with Gasteiger partial charge in [0.2, 0.25) is 5.13 Å². The standard InChI is InChI=1S/C12H12F3N3OS/c1-2-10-17-18-11(20-10)16-7-8-3-5-9(6-4-8)19-12(13,14)15/h3-6H,2,7H2,1H3,(H,16,18). The van der Waals surface area contributed by atoms with Crippen molar-refractivity contribution in [3.05, 3.63) is 34.8 Å². The summed E-state index contributed by atoms with van der Waals surface area (Å²) in [6.45, 7) is 2.45. The monoisotopic (exact) mass is 303 g/mol. The number of hydrogen-bond acceptors (Lipinski definition) is 5. The molecular weight excluding hydrogens is 291 g/mol. The highest BCUT2D eigenvalue weighted by Crippen LogP contribution is 2.23. The van der Waals surface area contributed by atoms with Gasteiger partial charge in [-0.05, 0) is 24.1 Å². The molecule has 0 spiro atoms. The smallest absolute Gasteiger partial charge is 0.406 e. The first-order chi connectivity index (χ1) is 9.46. The maximum atomic E-state index is 12.0. The molecule has 2 rings (SSSR count). The normalized spacial score (nSPS) is 11.4. The van der Waals surface area contributed by atoms with Crippen molar-refractivity contribution in [3.63, 3.8) is 0 Å². The van der Waals surface area contributed by atoms with Crippen molar-refractivity contribution in [2.24, 2.45) is 0 Å². The summed E-state index contributed by atoms with van der Waals surface area (Å²) in [7, 11) is 0. The third-order valence-electron chi connectivity index (χ3n) is 2.37. The number of ether oxygens (including phenoxy) is 1. The minimum atomic E-state index is -4.66. The summed E-state index contributed by atoms with van der Waals surface area (Å²) in [5, 5.41) is 12.6. The molecule has 0 atom stereocenters. The van der Waals surface area contributed by atoms with E-state index in [1.54, 1.807) is 12.1 Å². The second kappa shape index (κ2) is 6.08. The fourth-order valence-corrected chi connectivity index (χ4v) is 2.13. The molecule has 0 aliphatic heterocycles. The molecule has 0 saturated heterocycles. The number of halogens is 3. The third-order valence-corrected chi connectivity index (χ3v) is 3.40. The van der Waals surface area contributed by atoms with Gasteiger partial charge < -0.3 is 10.1 Å². The van der Waals surface area contributed by atoms with Crippen LogP contribution in [0.2, 0.25) is 0 Å². The Morgan fingerprint density at radius 1 is 1.20 bits per heavy atom. The highest BCUT2D eigenvalue weighted by atomic mass is 32.1. The maximum absolute atomic E-state index is 12.0. The lowest BCUT2D eigenvalue weighted by Gasteiger charge is -2.09. The molecule has 0 radical (unpaired) electrons. The number of alkyl halides is 3. The molecule has 20 heavy (non-hydrogen) atoms. The van der Waals surface area contributed by atoms with Crippen LogP contribution in [0.4, 0.5) is 18.3 Å². The predicted octanol–water partition coefficient (Wildman–Crippen LogP) is 3.61. The first-order valence-corrected chi connectivity index (χ1v) is 6.69. The van der Waals surface area contributed by atoms with Gasteiger partial charge in [0.1, 0.15) is 10.8 Å². The lowest BCUT2D eigenvalue weighted by Crippen LogP contribution is -2.17. The molecule has 1 heterocycles. The zero-order valence-corrected chi connectivity index (χ0v) is 11.4. The van der Waals surface area contributed by atoms with Gasteiger partial charge in [0, 0.05) is 6.54 Å². The van der Waals surface area contributed by atoms with E-state index in [4.69, 9.17) is 0 Å². The highest BCUT2D eigenvalue weighted by Gasteiger charge is 2.30. The van der Waals surface area contributed by atoms with Crippen molar-refractivity contribution >= 4 is 16.5 Å². The fraction of sp³-hybridized carbons (Fsp3) is 0.333. The Balaban J connectivity index is 1.90. The number of anilines is 1. The van der Waals surface area contributed by atoms with Crippen LogP contribution in [0.1, 0.15) is 17.5 Å². The molecule has 2 aromatic rings. The van der Waals surface area contributed by atoms with E-state index < -0.39 is 6.36 Å². The van der Waals surface area contributed by atoms with Crippen LogP contribution in [0.25, 0.3) is 0 Å². The Morgan fingerprint density at radius 2 is 1.90 bits per heavy atom. The molecule has 1 aromatic heterocycles. The van der Waals surface area contributed by atoms with Crippen molar-refractivity contribution in [1.29, 1.82) is 0 Å². The van der Waals surface area contributed by atoms with Crippen molar-refractivity contribution in [1.82, 2.24) is 10.2 Å². The minimum absolute atomic E-state index is 0.231. The van der Waals surface area contributed by atoms with Gasteiger partial charge in [-0.2, -0.15) is 0 Å². The number of aromatic nitrogens is 2. The first kappa shape index (κ1) is 14.6. The van der Waals surface area contributed by atoms with Gasteiger partial charge in [0.25, 0.3) is 0 Å². The van der Waals surface area contributed by atoms with Crippen molar-refractivity contribution < 1.29 is 17.9 Å². The lowest BCUT2D eigenvalue weighted by molar-refractivity contribution is -0.274. The summed E-state index contributed by atoms with van der Waals surface area (Å²) in [6, 6.07) is 5.69. The van der Waals surface area contributed by atoms with E-state index in [2.05, 4.69) is 20.3 Å². The number of rotatable bonds is 5. The molecular formula is C12H12F3N3OS. The van der Waals surface area contributed by atoms with E-state index in [-0.39, 0.29) is 5.75 Å². The zero-order chi connectivity index (χ0) is 14.6. The molecule has 1 aromatic carbocycles. The van der Waals surface area contributed by atoms with Gasteiger partial charge in [0.05, 0.1) is 0 Å². The van der Waals surface area contributed by atoms with E-state index in [9.17, 15) is 13.2 Å². The number of nitrogens with one attached hydrogen (secondary N) is 1. The number of benzene rings is 1. The summed E-state index contributed by atoms with van der Waals surface area (Å²) >= 11 is 1.46. The third kappa shape index (κ3) is 4.37. The average Bonchev–Trinajstić information content (AvgIpc) is 2.84. The van der Waals surface area contributed by atoms with Gasteiger partial charge in [-0.3, -0.25) is 0 Å². The molecule has 0 bridgehead atoms. The summed E-state index contributed by atoms with van der Waals surface area (Å²) in [5.41, 5.74) is 0.827. The van der Waals surface area contributed by atoms with E-state index in [0.29, 0.717) is 11.7 Å². The van der Waals surface area contributed by atoms with Gasteiger partial charge in [-0.15, -0.1) is 23.4 Å². The summed E-state index contributed by atoms with van der Waals surface area (Å²) in [4.78, 5) is 0. The van der Waals surface area contributed by atoms with Crippen LogP contribution < -0.4 is 10.1 Å². The SMILES string of the molecule is CCc1nnc(NCc2ccc(OC(F)(F)F)cc2)s1. The first-order valence-electron chi connectivity index (χ1n) is 5.87. The largest absolute Gasteiger partial charge is 0.573 e. The molecule has 0 saturated carbocycles. The van der Waals surface area contributed by atoms with Crippen LogP contribution in [-0.2, 0) is 13.0 Å². The Hall–Kier alpha value is -1.83. The summed E-state index contributed by atoms with van der Waals surface area (Å²) in [5.74, 6) is -0.231. The van der Waals surface area contributed by atoms with Crippen molar-refractivity contribution in [2.45, 2.75) is 26.3 Å². The Bertz CT molecular complexity index is 554. The van der Waals surface area contributed by atoms with Gasteiger partial charge in [-0.25, -0.2) is 0 Å². The van der Waals surface area contributed by atoms with E-state index in [1.165, 1.54) is 23.5 Å². The Kier molecular flexibility index (Phi) is 4.43. The molecule has 0 unspecified atom stereocenters. The number of nitrogens with zero attached hydrogens (tertiary/aromatic N) is 2. The van der Waals surface area contributed by atoms with Crippen LogP contribution in [0.3, 0.4) is 0 Å². The lowest BCUT2D eigenvalue weighted by atomic mass is 10.2. The van der Waals surface area contributed by atoms with Crippen molar-refractivity contribution in [2.75, 3.05) is 5.32 Å². The summed E-state index contributed by atoms with van der Waals surface area (Å²) in [6.07, 6.45) is -3.84. The summed E-state index contributed by atoms with van der Waals surface area (Å²) < 4.78 is 39.8. The van der Waals surface area contributed by atoms with Gasteiger partial charge in [0.15, 0.2) is 0 Å². The minimum Gasteiger partial charge on any atom is -0.406 e. The van der Waals surface area contributed by atoms with Gasteiger partial charge >= 0.3 is 6.36 Å². The fourth-order valence-electron chi connectivity index (χ4n) is 1.45. The van der Waals surface area contributed by atoms with Gasteiger partial charge in [-0.1, -0.05) is 30.4 Å². The van der Waals surface area contributed by atoms with E-state index in [1.807, 2.05) is 6.92 Å². The average molecular weight is 303 g/mol. The number of aryl methyl sites for hydroxylation is 1. The maximum Gasteiger partial charge on any atom is 0.573 e. The zero-order valence-electron chi connectivity index (χ0n) is 10.6. The molecule has 4 nitrogen and oxygen atoms in total. The van der Waals surface area contributed by atoms with E-state index in [0.717, 1.165) is 17.0 Å². The van der Waals surface area contributed by atoms with Crippen LogP contribution in [0.5, 0.6) is 5.75 Å². The van der Waals surface area contributed by atoms with Crippen molar-refractivity contribution in [3.8, 4) is 5.75 Å². The Morgan fingerprint density at radius 3 is 2.45 bits per heavy atom. The van der Waals surface area contributed by atoms with E-state index >= 15 is 0 Å². The Labute approximate surface area is 117 Å². The van der Waals surface area contributed by atoms with Crippen LogP contribution in [0, 0.1) is 0 Å².